The van der Waals surface area contributed by atoms with Crippen molar-refractivity contribution in [2.24, 2.45) is 4.99 Å². The van der Waals surface area contributed by atoms with Gasteiger partial charge in [-0.1, -0.05) is 54.6 Å². The minimum Gasteiger partial charge on any atom is -0.463 e. The Morgan fingerprint density at radius 2 is 1.23 bits per heavy atom. The van der Waals surface area contributed by atoms with Gasteiger partial charge in [0.05, 0.1) is 13.4 Å². The first-order valence-corrected chi connectivity index (χ1v) is 12.0. The van der Waals surface area contributed by atoms with Crippen LogP contribution < -0.4 is 15.9 Å². The van der Waals surface area contributed by atoms with Gasteiger partial charge >= 0.3 is 5.97 Å². The SMILES string of the molecule is COC(=O)C(=C(S)N=CN(C)C)[P+](c1ccccc1)(c1ccccc1)c1ccccc1. The van der Waals surface area contributed by atoms with Crippen LogP contribution in [0.3, 0.4) is 0 Å². The fourth-order valence-electron chi connectivity index (χ4n) is 3.50. The van der Waals surface area contributed by atoms with Gasteiger partial charge < -0.3 is 9.64 Å². The fraction of sp³-hybridized carbons (Fsp3) is 0.120. The number of nitrogens with zero attached hydrogens (tertiary/aromatic N) is 2. The third-order valence-corrected chi connectivity index (χ3v) is 9.57. The van der Waals surface area contributed by atoms with Crippen LogP contribution in [0.25, 0.3) is 0 Å². The summed E-state index contributed by atoms with van der Waals surface area (Å²) < 4.78 is 5.31. The second-order valence-corrected chi connectivity index (χ2v) is 10.8. The van der Waals surface area contributed by atoms with Crippen LogP contribution in [0.5, 0.6) is 0 Å². The molecule has 3 rings (SSSR count). The van der Waals surface area contributed by atoms with E-state index in [4.69, 9.17) is 17.4 Å². The molecule has 0 bridgehead atoms. The highest BCUT2D eigenvalue weighted by atomic mass is 32.1. The monoisotopic (exact) mass is 449 g/mol. The quantitative estimate of drug-likeness (QED) is 0.149. The molecule has 0 radical (unpaired) electrons. The van der Waals surface area contributed by atoms with E-state index in [-0.39, 0.29) is 0 Å². The van der Waals surface area contributed by atoms with E-state index in [9.17, 15) is 4.79 Å². The third-order valence-electron chi connectivity index (χ3n) is 4.77. The zero-order chi connectivity index (χ0) is 22.3. The van der Waals surface area contributed by atoms with Crippen molar-refractivity contribution in [3.8, 4) is 0 Å². The fourth-order valence-corrected chi connectivity index (χ4v) is 8.34. The lowest BCUT2D eigenvalue weighted by atomic mass is 10.3. The molecular formula is C25H26N2O2PS+. The van der Waals surface area contributed by atoms with Gasteiger partial charge in [0.15, 0.2) is 7.26 Å². The standard InChI is InChI=1S/C25H25N2O2PS/c1-27(2)19-26-24(31)23(25(28)29-3)30(20-13-7-4-8-14-20,21-15-9-5-10-16-21)22-17-11-6-12-18-22/h4-19H,1-3H3/p+1. The summed E-state index contributed by atoms with van der Waals surface area (Å²) in [5, 5.41) is 3.88. The van der Waals surface area contributed by atoms with Crippen molar-refractivity contribution in [1.29, 1.82) is 0 Å². The summed E-state index contributed by atoms with van der Waals surface area (Å²) in [6, 6.07) is 30.3. The highest BCUT2D eigenvalue weighted by Crippen LogP contribution is 2.64. The Labute approximate surface area is 190 Å². The van der Waals surface area contributed by atoms with Crippen molar-refractivity contribution in [2.45, 2.75) is 0 Å². The van der Waals surface area contributed by atoms with E-state index in [2.05, 4.69) is 41.4 Å². The summed E-state index contributed by atoms with van der Waals surface area (Å²) in [5.41, 5.74) is 0. The first kappa shape index (κ1) is 22.8. The summed E-state index contributed by atoms with van der Waals surface area (Å²) >= 11 is 4.72. The molecule has 6 heteroatoms. The number of thiol groups is 1. The minimum absolute atomic E-state index is 0.338. The second-order valence-electron chi connectivity index (χ2n) is 7.05. The Hall–Kier alpha value is -2.88. The Kier molecular flexibility index (Phi) is 7.67. The first-order valence-electron chi connectivity index (χ1n) is 9.80. The number of esters is 1. The van der Waals surface area contributed by atoms with Crippen molar-refractivity contribution >= 4 is 48.1 Å². The number of ether oxygens (including phenoxy) is 1. The number of carbonyl (C=O) groups is 1. The van der Waals surface area contributed by atoms with Crippen molar-refractivity contribution in [3.63, 3.8) is 0 Å². The molecule has 0 aromatic heterocycles. The van der Waals surface area contributed by atoms with Gasteiger partial charge in [-0.15, -0.1) is 12.6 Å². The summed E-state index contributed by atoms with van der Waals surface area (Å²) in [6.07, 6.45) is 1.64. The van der Waals surface area contributed by atoms with Gasteiger partial charge in [-0.2, -0.15) is 0 Å². The third kappa shape index (κ3) is 4.73. The van der Waals surface area contributed by atoms with Crippen LogP contribution in [0.15, 0.2) is 106 Å². The predicted octanol–water partition coefficient (Wildman–Crippen LogP) is 3.84. The molecule has 3 aromatic carbocycles. The van der Waals surface area contributed by atoms with Crippen LogP contribution in [0.1, 0.15) is 0 Å². The number of methoxy groups -OCH3 is 1. The van der Waals surface area contributed by atoms with E-state index in [0.717, 1.165) is 15.9 Å². The summed E-state index contributed by atoms with van der Waals surface area (Å²) in [6.45, 7) is 0. The average Bonchev–Trinajstić information content (AvgIpc) is 2.82. The van der Waals surface area contributed by atoms with Gasteiger partial charge in [-0.05, 0) is 36.4 Å². The minimum atomic E-state index is -2.66. The van der Waals surface area contributed by atoms with Crippen LogP contribution in [-0.4, -0.2) is 38.4 Å². The van der Waals surface area contributed by atoms with Crippen molar-refractivity contribution in [3.05, 3.63) is 101 Å². The Morgan fingerprint density at radius 3 is 1.55 bits per heavy atom. The van der Waals surface area contributed by atoms with Gasteiger partial charge in [0.1, 0.15) is 20.9 Å². The number of benzene rings is 3. The molecule has 0 fully saturated rings. The molecule has 0 amide bonds. The highest BCUT2D eigenvalue weighted by Gasteiger charge is 2.54. The Morgan fingerprint density at radius 1 is 0.839 bits per heavy atom. The Bertz CT molecular complexity index is 972. The van der Waals surface area contributed by atoms with Crippen molar-refractivity contribution in [2.75, 3.05) is 21.2 Å². The van der Waals surface area contributed by atoms with Crippen LogP contribution in [0.2, 0.25) is 0 Å². The molecule has 158 valence electrons. The molecule has 0 aliphatic heterocycles. The van der Waals surface area contributed by atoms with E-state index in [1.54, 1.807) is 11.2 Å². The molecule has 0 saturated carbocycles. The van der Waals surface area contributed by atoms with E-state index < -0.39 is 13.2 Å². The molecule has 31 heavy (non-hydrogen) atoms. The van der Waals surface area contributed by atoms with Crippen LogP contribution >= 0.6 is 19.9 Å². The smallest absolute Gasteiger partial charge is 0.377 e. The number of hydrogen-bond acceptors (Lipinski definition) is 4. The van der Waals surface area contributed by atoms with Gasteiger partial charge in [0.25, 0.3) is 0 Å². The van der Waals surface area contributed by atoms with E-state index in [1.807, 2.05) is 68.7 Å². The van der Waals surface area contributed by atoms with Gasteiger partial charge in [-0.25, -0.2) is 9.79 Å². The predicted molar refractivity (Wildman–Crippen MR) is 135 cm³/mol. The highest BCUT2D eigenvalue weighted by molar-refractivity contribution is 8.00. The largest absolute Gasteiger partial charge is 0.463 e. The molecule has 0 spiro atoms. The number of carbonyl (C=O) groups excluding carboxylic acids is 1. The zero-order valence-corrected chi connectivity index (χ0v) is 19.6. The lowest BCUT2D eigenvalue weighted by Gasteiger charge is -2.28. The summed E-state index contributed by atoms with van der Waals surface area (Å²) in [7, 11) is 2.48. The molecule has 0 aliphatic rings. The van der Waals surface area contributed by atoms with Crippen LogP contribution in [0, 0.1) is 0 Å². The zero-order valence-electron chi connectivity index (χ0n) is 17.8. The molecule has 0 N–H and O–H groups in total. The average molecular weight is 450 g/mol. The van der Waals surface area contributed by atoms with Crippen LogP contribution in [-0.2, 0) is 9.53 Å². The second kappa shape index (κ2) is 10.4. The number of aliphatic imine (C=N–C) groups is 1. The van der Waals surface area contributed by atoms with E-state index in [0.29, 0.717) is 10.3 Å². The summed E-state index contributed by atoms with van der Waals surface area (Å²) in [5.74, 6) is -0.439. The van der Waals surface area contributed by atoms with Crippen LogP contribution in [0.4, 0.5) is 0 Å². The maximum absolute atomic E-state index is 13.4. The molecule has 0 atom stereocenters. The van der Waals surface area contributed by atoms with E-state index in [1.165, 1.54) is 7.11 Å². The van der Waals surface area contributed by atoms with Gasteiger partial charge in [-0.3, -0.25) is 0 Å². The normalized spacial score (nSPS) is 12.4. The number of hydrogen-bond donors (Lipinski definition) is 1. The lowest BCUT2D eigenvalue weighted by Crippen LogP contribution is -2.35. The van der Waals surface area contributed by atoms with Crippen molar-refractivity contribution in [1.82, 2.24) is 4.90 Å². The topological polar surface area (TPSA) is 41.9 Å². The Balaban J connectivity index is 2.52. The van der Waals surface area contributed by atoms with Gasteiger partial charge in [0.2, 0.25) is 5.31 Å². The molecule has 3 aromatic rings. The van der Waals surface area contributed by atoms with Gasteiger partial charge in [0, 0.05) is 14.1 Å². The molecule has 0 saturated heterocycles. The van der Waals surface area contributed by atoms with Crippen molar-refractivity contribution < 1.29 is 9.53 Å². The molecule has 0 heterocycles. The summed E-state index contributed by atoms with van der Waals surface area (Å²) in [4.78, 5) is 19.7. The number of rotatable bonds is 7. The molecular weight excluding hydrogens is 423 g/mol. The first-order chi connectivity index (χ1) is 15.0. The maximum atomic E-state index is 13.4. The molecule has 0 aliphatic carbocycles. The molecule has 4 nitrogen and oxygen atoms in total. The van der Waals surface area contributed by atoms with E-state index >= 15 is 0 Å². The maximum Gasteiger partial charge on any atom is 0.377 e. The molecule has 0 unspecified atom stereocenters. The lowest BCUT2D eigenvalue weighted by molar-refractivity contribution is -0.135.